The first-order chi connectivity index (χ1) is 10.2. The number of hydrogen-bond acceptors (Lipinski definition) is 5. The zero-order valence-corrected chi connectivity index (χ0v) is 12.3. The topological polar surface area (TPSA) is 82.2 Å². The number of aromatic nitrogens is 2. The SMILES string of the molecule is CCOc1ccc(Nc2nccn(CC)c2=O)cc1CN. The molecule has 0 aliphatic carbocycles. The summed E-state index contributed by atoms with van der Waals surface area (Å²) < 4.78 is 7.10. The summed E-state index contributed by atoms with van der Waals surface area (Å²) in [6.45, 7) is 5.39. The van der Waals surface area contributed by atoms with E-state index in [0.29, 0.717) is 25.5 Å². The third-order valence-electron chi connectivity index (χ3n) is 3.10. The van der Waals surface area contributed by atoms with Gasteiger partial charge in [0.1, 0.15) is 5.75 Å². The molecule has 0 aliphatic rings. The highest BCUT2D eigenvalue weighted by molar-refractivity contribution is 5.58. The van der Waals surface area contributed by atoms with Crippen LogP contribution in [-0.4, -0.2) is 16.2 Å². The molecule has 21 heavy (non-hydrogen) atoms. The Kier molecular flexibility index (Phi) is 4.94. The van der Waals surface area contributed by atoms with Crippen LogP contribution in [-0.2, 0) is 13.1 Å². The minimum absolute atomic E-state index is 0.150. The molecule has 0 aliphatic heterocycles. The summed E-state index contributed by atoms with van der Waals surface area (Å²) in [5.41, 5.74) is 7.22. The third-order valence-corrected chi connectivity index (χ3v) is 3.10. The molecule has 0 radical (unpaired) electrons. The molecule has 0 atom stereocenters. The zero-order valence-electron chi connectivity index (χ0n) is 12.3. The molecule has 112 valence electrons. The predicted molar refractivity (Wildman–Crippen MR) is 83.0 cm³/mol. The molecule has 0 spiro atoms. The molecule has 3 N–H and O–H groups in total. The highest BCUT2D eigenvalue weighted by atomic mass is 16.5. The van der Waals surface area contributed by atoms with Crippen LogP contribution in [0.25, 0.3) is 0 Å². The van der Waals surface area contributed by atoms with Crippen molar-refractivity contribution in [2.45, 2.75) is 26.9 Å². The van der Waals surface area contributed by atoms with Gasteiger partial charge in [-0.05, 0) is 32.0 Å². The van der Waals surface area contributed by atoms with Crippen molar-refractivity contribution < 1.29 is 4.74 Å². The number of aryl methyl sites for hydroxylation is 1. The van der Waals surface area contributed by atoms with Crippen LogP contribution < -0.4 is 21.3 Å². The number of nitrogens with zero attached hydrogens (tertiary/aromatic N) is 2. The minimum atomic E-state index is -0.150. The number of hydrogen-bond donors (Lipinski definition) is 2. The lowest BCUT2D eigenvalue weighted by atomic mass is 10.1. The maximum atomic E-state index is 12.1. The van der Waals surface area contributed by atoms with Crippen molar-refractivity contribution in [2.75, 3.05) is 11.9 Å². The van der Waals surface area contributed by atoms with E-state index in [2.05, 4.69) is 10.3 Å². The van der Waals surface area contributed by atoms with Crippen molar-refractivity contribution in [1.82, 2.24) is 9.55 Å². The third kappa shape index (κ3) is 3.41. The van der Waals surface area contributed by atoms with E-state index in [9.17, 15) is 4.79 Å². The molecule has 0 unspecified atom stereocenters. The van der Waals surface area contributed by atoms with E-state index in [0.717, 1.165) is 17.0 Å². The smallest absolute Gasteiger partial charge is 0.293 e. The van der Waals surface area contributed by atoms with Gasteiger partial charge in [0, 0.05) is 36.7 Å². The normalized spacial score (nSPS) is 10.4. The second-order valence-electron chi connectivity index (χ2n) is 4.45. The second kappa shape index (κ2) is 6.90. The van der Waals surface area contributed by atoms with Gasteiger partial charge in [-0.1, -0.05) is 0 Å². The van der Waals surface area contributed by atoms with Crippen molar-refractivity contribution >= 4 is 11.5 Å². The van der Waals surface area contributed by atoms with Gasteiger partial charge in [-0.25, -0.2) is 4.98 Å². The van der Waals surface area contributed by atoms with Gasteiger partial charge in [-0.15, -0.1) is 0 Å². The van der Waals surface area contributed by atoms with E-state index in [1.165, 1.54) is 0 Å². The molecular formula is C15H20N4O2. The van der Waals surface area contributed by atoms with Gasteiger partial charge in [0.2, 0.25) is 0 Å². The average Bonchev–Trinajstić information content (AvgIpc) is 2.51. The van der Waals surface area contributed by atoms with E-state index < -0.39 is 0 Å². The number of anilines is 2. The summed E-state index contributed by atoms with van der Waals surface area (Å²) in [7, 11) is 0. The van der Waals surface area contributed by atoms with Gasteiger partial charge in [-0.2, -0.15) is 0 Å². The molecule has 6 heteroatoms. The number of nitrogens with one attached hydrogen (secondary N) is 1. The quantitative estimate of drug-likeness (QED) is 0.848. The predicted octanol–water partition coefficient (Wildman–Crippen LogP) is 1.86. The summed E-state index contributed by atoms with van der Waals surface area (Å²) in [5.74, 6) is 1.06. The molecular weight excluding hydrogens is 268 g/mol. The van der Waals surface area contributed by atoms with Crippen molar-refractivity contribution in [3.63, 3.8) is 0 Å². The van der Waals surface area contributed by atoms with Crippen molar-refractivity contribution in [3.05, 3.63) is 46.5 Å². The average molecular weight is 288 g/mol. The van der Waals surface area contributed by atoms with E-state index >= 15 is 0 Å². The summed E-state index contributed by atoms with van der Waals surface area (Å²) in [5, 5.41) is 3.04. The molecule has 0 fully saturated rings. The van der Waals surface area contributed by atoms with E-state index in [-0.39, 0.29) is 5.56 Å². The maximum Gasteiger partial charge on any atom is 0.293 e. The van der Waals surface area contributed by atoms with Crippen LogP contribution in [0.1, 0.15) is 19.4 Å². The Balaban J connectivity index is 2.30. The second-order valence-corrected chi connectivity index (χ2v) is 4.45. The molecule has 0 bridgehead atoms. The lowest BCUT2D eigenvalue weighted by Gasteiger charge is -2.12. The summed E-state index contributed by atoms with van der Waals surface area (Å²) in [4.78, 5) is 16.2. The monoisotopic (exact) mass is 288 g/mol. The molecule has 1 aromatic carbocycles. The van der Waals surface area contributed by atoms with Gasteiger partial charge in [0.15, 0.2) is 5.82 Å². The lowest BCUT2D eigenvalue weighted by Crippen LogP contribution is -2.22. The molecule has 2 aromatic rings. The number of nitrogens with two attached hydrogens (primary N) is 1. The molecule has 1 aromatic heterocycles. The summed E-state index contributed by atoms with van der Waals surface area (Å²) in [6, 6.07) is 5.55. The van der Waals surface area contributed by atoms with Crippen LogP contribution in [0.2, 0.25) is 0 Å². The molecule has 1 heterocycles. The first-order valence-corrected chi connectivity index (χ1v) is 6.97. The fraction of sp³-hybridized carbons (Fsp3) is 0.333. The van der Waals surface area contributed by atoms with Crippen LogP contribution >= 0.6 is 0 Å². The van der Waals surface area contributed by atoms with Crippen LogP contribution in [0.3, 0.4) is 0 Å². The highest BCUT2D eigenvalue weighted by Gasteiger charge is 2.07. The van der Waals surface area contributed by atoms with Gasteiger partial charge < -0.3 is 20.4 Å². The maximum absolute atomic E-state index is 12.1. The van der Waals surface area contributed by atoms with Crippen molar-refractivity contribution in [1.29, 1.82) is 0 Å². The fourth-order valence-corrected chi connectivity index (χ4v) is 2.03. The Bertz CT molecular complexity index is 667. The van der Waals surface area contributed by atoms with E-state index in [1.54, 1.807) is 17.0 Å². The molecule has 0 saturated heterocycles. The standard InChI is InChI=1S/C15H20N4O2/c1-3-19-8-7-17-14(15(19)20)18-12-5-6-13(21-4-2)11(9-12)10-16/h5-9H,3-4,10,16H2,1-2H3,(H,17,18). The van der Waals surface area contributed by atoms with Gasteiger partial charge in [0.25, 0.3) is 5.56 Å². The van der Waals surface area contributed by atoms with Crippen LogP contribution in [0.4, 0.5) is 11.5 Å². The molecule has 0 saturated carbocycles. The van der Waals surface area contributed by atoms with Crippen LogP contribution in [0.5, 0.6) is 5.75 Å². The van der Waals surface area contributed by atoms with Gasteiger partial charge in [-0.3, -0.25) is 4.79 Å². The van der Waals surface area contributed by atoms with Crippen molar-refractivity contribution in [2.24, 2.45) is 5.73 Å². The zero-order chi connectivity index (χ0) is 15.2. The van der Waals surface area contributed by atoms with Gasteiger partial charge >= 0.3 is 0 Å². The number of rotatable bonds is 6. The van der Waals surface area contributed by atoms with Crippen LogP contribution in [0, 0.1) is 0 Å². The lowest BCUT2D eigenvalue weighted by molar-refractivity contribution is 0.336. The Labute approximate surface area is 123 Å². The minimum Gasteiger partial charge on any atom is -0.494 e. The molecule has 2 rings (SSSR count). The highest BCUT2D eigenvalue weighted by Crippen LogP contribution is 2.23. The van der Waals surface area contributed by atoms with E-state index in [4.69, 9.17) is 10.5 Å². The Morgan fingerprint density at radius 3 is 2.86 bits per heavy atom. The first-order valence-electron chi connectivity index (χ1n) is 6.97. The summed E-state index contributed by atoms with van der Waals surface area (Å²) in [6.07, 6.45) is 3.27. The Hall–Kier alpha value is -2.34. The summed E-state index contributed by atoms with van der Waals surface area (Å²) >= 11 is 0. The molecule has 0 amide bonds. The van der Waals surface area contributed by atoms with Crippen LogP contribution in [0.15, 0.2) is 35.4 Å². The largest absolute Gasteiger partial charge is 0.494 e. The Morgan fingerprint density at radius 2 is 2.19 bits per heavy atom. The number of ether oxygens (including phenoxy) is 1. The van der Waals surface area contributed by atoms with Crippen molar-refractivity contribution in [3.8, 4) is 5.75 Å². The fourth-order valence-electron chi connectivity index (χ4n) is 2.03. The first kappa shape index (κ1) is 15.1. The van der Waals surface area contributed by atoms with Gasteiger partial charge in [0.05, 0.1) is 6.61 Å². The van der Waals surface area contributed by atoms with E-state index in [1.807, 2.05) is 32.0 Å². The Morgan fingerprint density at radius 1 is 1.38 bits per heavy atom. The molecule has 6 nitrogen and oxygen atoms in total. The number of benzene rings is 1.